The molecular formula is C16H19NO. The fourth-order valence-electron chi connectivity index (χ4n) is 1.92. The van der Waals surface area contributed by atoms with Gasteiger partial charge in [0.2, 0.25) is 0 Å². The van der Waals surface area contributed by atoms with Crippen molar-refractivity contribution < 1.29 is 4.52 Å². The molecule has 2 heteroatoms. The molecule has 1 heterocycles. The molecule has 0 amide bonds. The summed E-state index contributed by atoms with van der Waals surface area (Å²) in [7, 11) is 0. The molecule has 0 aliphatic heterocycles. The molecule has 0 saturated carbocycles. The molecule has 0 saturated heterocycles. The van der Waals surface area contributed by atoms with E-state index in [2.05, 4.69) is 43.8 Å². The Bertz CT molecular complexity index is 566. The van der Waals surface area contributed by atoms with Crippen molar-refractivity contribution in [2.24, 2.45) is 0 Å². The van der Waals surface area contributed by atoms with E-state index in [-0.39, 0.29) is 0 Å². The van der Waals surface area contributed by atoms with Crippen LogP contribution in [0.3, 0.4) is 0 Å². The van der Waals surface area contributed by atoms with Crippen molar-refractivity contribution in [1.82, 2.24) is 5.16 Å². The molecule has 0 fully saturated rings. The maximum Gasteiger partial charge on any atom is 0.133 e. The third-order valence-corrected chi connectivity index (χ3v) is 3.27. The maximum absolute atomic E-state index is 5.06. The Morgan fingerprint density at radius 1 is 1.17 bits per heavy atom. The number of nitrogens with zero attached hydrogens (tertiary/aromatic N) is 1. The summed E-state index contributed by atoms with van der Waals surface area (Å²) in [4.78, 5) is 0. The van der Waals surface area contributed by atoms with Crippen molar-refractivity contribution in [2.75, 3.05) is 0 Å². The number of rotatable bonds is 4. The van der Waals surface area contributed by atoms with E-state index in [1.807, 2.05) is 13.0 Å². The summed E-state index contributed by atoms with van der Waals surface area (Å²) in [5.41, 5.74) is 6.00. The molecule has 0 unspecified atom stereocenters. The Hall–Kier alpha value is -1.83. The molecule has 1 aromatic heterocycles. The maximum atomic E-state index is 5.06. The average molecular weight is 241 g/mol. The lowest BCUT2D eigenvalue weighted by Gasteiger charge is -2.07. The van der Waals surface area contributed by atoms with E-state index in [0.717, 1.165) is 29.9 Å². The van der Waals surface area contributed by atoms with Crippen molar-refractivity contribution in [3.05, 3.63) is 59.0 Å². The Labute approximate surface area is 108 Å². The molecule has 0 radical (unpaired) electrons. The van der Waals surface area contributed by atoms with Gasteiger partial charge in [0.15, 0.2) is 0 Å². The summed E-state index contributed by atoms with van der Waals surface area (Å²) in [5.74, 6) is 0.863. The van der Waals surface area contributed by atoms with Crippen molar-refractivity contribution >= 4 is 5.57 Å². The molecule has 0 bridgehead atoms. The molecule has 0 aliphatic carbocycles. The van der Waals surface area contributed by atoms with E-state index in [1.165, 1.54) is 16.7 Å². The zero-order valence-electron chi connectivity index (χ0n) is 11.3. The van der Waals surface area contributed by atoms with E-state index in [0.29, 0.717) is 0 Å². The lowest BCUT2D eigenvalue weighted by atomic mass is 9.98. The number of aromatic nitrogens is 1. The third-order valence-electron chi connectivity index (χ3n) is 3.27. The summed E-state index contributed by atoms with van der Waals surface area (Å²) in [6, 6.07) is 8.47. The first-order valence-electron chi connectivity index (χ1n) is 6.24. The van der Waals surface area contributed by atoms with Crippen molar-refractivity contribution in [3.63, 3.8) is 0 Å². The van der Waals surface area contributed by atoms with Crippen LogP contribution in [0.2, 0.25) is 0 Å². The van der Waals surface area contributed by atoms with Crippen molar-refractivity contribution in [1.29, 1.82) is 0 Å². The van der Waals surface area contributed by atoms with Gasteiger partial charge in [0, 0.05) is 6.07 Å². The SMILES string of the molecule is C=C(CCc1cc(C)on1)c1ccc(C)c(C)c1. The third kappa shape index (κ3) is 2.89. The van der Waals surface area contributed by atoms with Gasteiger partial charge in [-0.15, -0.1) is 0 Å². The van der Waals surface area contributed by atoms with Gasteiger partial charge in [-0.3, -0.25) is 0 Å². The molecule has 18 heavy (non-hydrogen) atoms. The summed E-state index contributed by atoms with van der Waals surface area (Å²) in [5, 5.41) is 4.00. The Balaban J connectivity index is 2.01. The predicted octanol–water partition coefficient (Wildman–Crippen LogP) is 4.25. The number of benzene rings is 1. The number of allylic oxidation sites excluding steroid dienone is 1. The van der Waals surface area contributed by atoms with Gasteiger partial charge in [-0.25, -0.2) is 0 Å². The summed E-state index contributed by atoms with van der Waals surface area (Å²) >= 11 is 0. The Kier molecular flexibility index (Phi) is 3.66. The minimum absolute atomic E-state index is 0.863. The second-order valence-corrected chi connectivity index (χ2v) is 4.83. The molecule has 0 atom stereocenters. The highest BCUT2D eigenvalue weighted by Gasteiger charge is 2.04. The van der Waals surface area contributed by atoms with E-state index in [9.17, 15) is 0 Å². The molecule has 0 spiro atoms. The van der Waals surface area contributed by atoms with Crippen LogP contribution in [0.15, 0.2) is 35.4 Å². The van der Waals surface area contributed by atoms with Gasteiger partial charge >= 0.3 is 0 Å². The highest BCUT2D eigenvalue weighted by molar-refractivity contribution is 5.64. The van der Waals surface area contributed by atoms with Crippen LogP contribution in [-0.4, -0.2) is 5.16 Å². The van der Waals surface area contributed by atoms with Gasteiger partial charge in [0.25, 0.3) is 0 Å². The molecule has 1 aromatic carbocycles. The number of hydrogen-bond donors (Lipinski definition) is 0. The Morgan fingerprint density at radius 3 is 2.56 bits per heavy atom. The van der Waals surface area contributed by atoms with Gasteiger partial charge in [0.1, 0.15) is 5.76 Å². The second kappa shape index (κ2) is 5.21. The van der Waals surface area contributed by atoms with Gasteiger partial charge < -0.3 is 4.52 Å². The first kappa shape index (κ1) is 12.6. The normalized spacial score (nSPS) is 10.6. The Morgan fingerprint density at radius 2 is 1.94 bits per heavy atom. The quantitative estimate of drug-likeness (QED) is 0.800. The minimum atomic E-state index is 0.863. The van der Waals surface area contributed by atoms with Crippen LogP contribution < -0.4 is 0 Å². The van der Waals surface area contributed by atoms with Crippen LogP contribution in [0.25, 0.3) is 5.57 Å². The lowest BCUT2D eigenvalue weighted by Crippen LogP contribution is -1.90. The van der Waals surface area contributed by atoms with Crippen LogP contribution in [0, 0.1) is 20.8 Å². The molecule has 0 aliphatic rings. The topological polar surface area (TPSA) is 26.0 Å². The molecule has 2 nitrogen and oxygen atoms in total. The van der Waals surface area contributed by atoms with Crippen LogP contribution >= 0.6 is 0 Å². The van der Waals surface area contributed by atoms with Crippen molar-refractivity contribution in [3.8, 4) is 0 Å². The van der Waals surface area contributed by atoms with Crippen LogP contribution in [0.1, 0.15) is 34.6 Å². The van der Waals surface area contributed by atoms with Gasteiger partial charge in [0.05, 0.1) is 5.69 Å². The van der Waals surface area contributed by atoms with Crippen LogP contribution in [-0.2, 0) is 6.42 Å². The van der Waals surface area contributed by atoms with Gasteiger partial charge in [-0.05, 0) is 55.9 Å². The minimum Gasteiger partial charge on any atom is -0.361 e. The molecule has 0 N–H and O–H groups in total. The standard InChI is InChI=1S/C16H19NO/c1-11-5-7-15(9-13(11)3)12(2)6-8-16-10-14(4)18-17-16/h5,7,9-10H,2,6,8H2,1,3-4H3. The molecular weight excluding hydrogens is 222 g/mol. The van der Waals surface area contributed by atoms with Crippen LogP contribution in [0.4, 0.5) is 0 Å². The highest BCUT2D eigenvalue weighted by Crippen LogP contribution is 2.21. The smallest absolute Gasteiger partial charge is 0.133 e. The predicted molar refractivity (Wildman–Crippen MR) is 74.5 cm³/mol. The van der Waals surface area contributed by atoms with E-state index in [1.54, 1.807) is 0 Å². The summed E-state index contributed by atoms with van der Waals surface area (Å²) < 4.78 is 5.06. The first-order chi connectivity index (χ1) is 8.56. The molecule has 94 valence electrons. The number of hydrogen-bond acceptors (Lipinski definition) is 2. The monoisotopic (exact) mass is 241 g/mol. The highest BCUT2D eigenvalue weighted by atomic mass is 16.5. The van der Waals surface area contributed by atoms with Crippen molar-refractivity contribution in [2.45, 2.75) is 33.6 Å². The van der Waals surface area contributed by atoms with E-state index < -0.39 is 0 Å². The first-order valence-corrected chi connectivity index (χ1v) is 6.24. The fourth-order valence-corrected chi connectivity index (χ4v) is 1.92. The van der Waals surface area contributed by atoms with Gasteiger partial charge in [-0.2, -0.15) is 0 Å². The lowest BCUT2D eigenvalue weighted by molar-refractivity contribution is 0.390. The number of aryl methyl sites for hydroxylation is 4. The van der Waals surface area contributed by atoms with Crippen LogP contribution in [0.5, 0.6) is 0 Å². The van der Waals surface area contributed by atoms with Gasteiger partial charge in [-0.1, -0.05) is 29.9 Å². The van der Waals surface area contributed by atoms with E-state index >= 15 is 0 Å². The zero-order valence-corrected chi connectivity index (χ0v) is 11.3. The van der Waals surface area contributed by atoms with E-state index in [4.69, 9.17) is 4.52 Å². The molecule has 2 aromatic rings. The zero-order chi connectivity index (χ0) is 13.1. The molecule has 2 rings (SSSR count). The average Bonchev–Trinajstić information content (AvgIpc) is 2.75. The summed E-state index contributed by atoms with van der Waals surface area (Å²) in [6.45, 7) is 10.3. The second-order valence-electron chi connectivity index (χ2n) is 4.83. The fraction of sp³-hybridized carbons (Fsp3) is 0.312. The largest absolute Gasteiger partial charge is 0.361 e. The summed E-state index contributed by atoms with van der Waals surface area (Å²) in [6.07, 6.45) is 1.79.